The lowest BCUT2D eigenvalue weighted by atomic mass is 10.2. The first kappa shape index (κ1) is 16.3. The molecule has 0 heterocycles. The van der Waals surface area contributed by atoms with Crippen molar-refractivity contribution in [2.75, 3.05) is 0 Å². The fraction of sp³-hybridized carbons (Fsp3) is 0.143. The van der Waals surface area contributed by atoms with Gasteiger partial charge in [-0.3, -0.25) is 0 Å². The zero-order chi connectivity index (χ0) is 13.0. The van der Waals surface area contributed by atoms with Crippen LogP contribution in [-0.4, -0.2) is 0 Å². The van der Waals surface area contributed by atoms with Crippen LogP contribution < -0.4 is 5.32 Å². The Labute approximate surface area is 128 Å². The molecule has 102 valence electrons. The molecule has 0 radical (unpaired) electrons. The smallest absolute Gasteiger partial charge is 0.123 e. The summed E-state index contributed by atoms with van der Waals surface area (Å²) >= 11 is 12.1. The van der Waals surface area contributed by atoms with E-state index < -0.39 is 0 Å². The van der Waals surface area contributed by atoms with Gasteiger partial charge in [0.25, 0.3) is 0 Å². The first-order valence-electron chi connectivity index (χ1n) is 5.55. The van der Waals surface area contributed by atoms with Gasteiger partial charge in [-0.25, -0.2) is 4.39 Å². The van der Waals surface area contributed by atoms with Gasteiger partial charge in [-0.15, -0.1) is 12.4 Å². The van der Waals surface area contributed by atoms with Crippen molar-refractivity contribution in [2.24, 2.45) is 0 Å². The van der Waals surface area contributed by atoms with E-state index in [1.54, 1.807) is 12.1 Å². The van der Waals surface area contributed by atoms with Crippen LogP contribution in [0, 0.1) is 5.82 Å². The van der Waals surface area contributed by atoms with E-state index >= 15 is 0 Å². The molecule has 0 amide bonds. The Bertz CT molecular complexity index is 508. The van der Waals surface area contributed by atoms with E-state index in [0.29, 0.717) is 23.1 Å². The average molecular weight is 321 g/mol. The first-order valence-corrected chi connectivity index (χ1v) is 6.30. The molecule has 0 bridgehead atoms. The lowest BCUT2D eigenvalue weighted by Gasteiger charge is -2.08. The van der Waals surface area contributed by atoms with Crippen molar-refractivity contribution in [3.63, 3.8) is 0 Å². The maximum Gasteiger partial charge on any atom is 0.123 e. The highest BCUT2D eigenvalue weighted by Crippen LogP contribution is 2.23. The minimum absolute atomic E-state index is 0. The van der Waals surface area contributed by atoms with Crippen LogP contribution in [-0.2, 0) is 13.1 Å². The van der Waals surface area contributed by atoms with Crippen molar-refractivity contribution in [3.8, 4) is 0 Å². The molecule has 0 aromatic heterocycles. The van der Waals surface area contributed by atoms with Gasteiger partial charge in [0.15, 0.2) is 0 Å². The molecule has 0 aliphatic heterocycles. The predicted molar refractivity (Wildman–Crippen MR) is 80.7 cm³/mol. The minimum atomic E-state index is -0.229. The second-order valence-electron chi connectivity index (χ2n) is 3.93. The van der Waals surface area contributed by atoms with Crippen LogP contribution in [0.3, 0.4) is 0 Å². The monoisotopic (exact) mass is 319 g/mol. The molecule has 0 aliphatic rings. The normalized spacial score (nSPS) is 10.1. The van der Waals surface area contributed by atoms with E-state index in [1.165, 1.54) is 12.1 Å². The zero-order valence-corrected chi connectivity index (χ0v) is 12.3. The number of halogens is 4. The number of benzene rings is 2. The lowest BCUT2D eigenvalue weighted by molar-refractivity contribution is 0.625. The van der Waals surface area contributed by atoms with E-state index in [-0.39, 0.29) is 18.2 Å². The van der Waals surface area contributed by atoms with Gasteiger partial charge >= 0.3 is 0 Å². The van der Waals surface area contributed by atoms with E-state index in [1.807, 2.05) is 18.2 Å². The van der Waals surface area contributed by atoms with Gasteiger partial charge in [0.1, 0.15) is 5.82 Å². The van der Waals surface area contributed by atoms with Crippen molar-refractivity contribution < 1.29 is 4.39 Å². The molecule has 0 spiro atoms. The molecule has 0 saturated carbocycles. The highest BCUT2D eigenvalue weighted by atomic mass is 35.5. The van der Waals surface area contributed by atoms with Crippen molar-refractivity contribution in [2.45, 2.75) is 13.1 Å². The van der Waals surface area contributed by atoms with Crippen LogP contribution >= 0.6 is 35.6 Å². The summed E-state index contributed by atoms with van der Waals surface area (Å²) in [6, 6.07) is 11.8. The van der Waals surface area contributed by atoms with Gasteiger partial charge in [0.05, 0.1) is 0 Å². The second-order valence-corrected chi connectivity index (χ2v) is 4.74. The first-order chi connectivity index (χ1) is 8.66. The number of hydrogen-bond acceptors (Lipinski definition) is 1. The minimum Gasteiger partial charge on any atom is -0.309 e. The van der Waals surface area contributed by atoms with Gasteiger partial charge in [-0.05, 0) is 29.8 Å². The van der Waals surface area contributed by atoms with Gasteiger partial charge in [-0.1, -0.05) is 41.4 Å². The molecule has 0 unspecified atom stereocenters. The Balaban J connectivity index is 0.00000180. The van der Waals surface area contributed by atoms with E-state index in [2.05, 4.69) is 5.32 Å². The Morgan fingerprint density at radius 3 is 2.05 bits per heavy atom. The lowest BCUT2D eigenvalue weighted by Crippen LogP contribution is -2.13. The van der Waals surface area contributed by atoms with Crippen LogP contribution in [0.2, 0.25) is 10.0 Å². The highest BCUT2D eigenvalue weighted by Gasteiger charge is 2.04. The summed E-state index contributed by atoms with van der Waals surface area (Å²) < 4.78 is 12.7. The maximum atomic E-state index is 12.7. The largest absolute Gasteiger partial charge is 0.309 e. The van der Waals surface area contributed by atoms with Gasteiger partial charge in [0.2, 0.25) is 0 Å². The maximum absolute atomic E-state index is 12.7. The summed E-state index contributed by atoms with van der Waals surface area (Å²) in [5.41, 5.74) is 1.89. The van der Waals surface area contributed by atoms with Crippen molar-refractivity contribution in [3.05, 3.63) is 69.5 Å². The van der Waals surface area contributed by atoms with Crippen molar-refractivity contribution in [1.82, 2.24) is 5.32 Å². The second kappa shape index (κ2) is 7.71. The van der Waals surface area contributed by atoms with E-state index in [0.717, 1.165) is 11.1 Å². The third kappa shape index (κ3) is 4.66. The Morgan fingerprint density at radius 1 is 0.895 bits per heavy atom. The number of rotatable bonds is 4. The molecule has 19 heavy (non-hydrogen) atoms. The summed E-state index contributed by atoms with van der Waals surface area (Å²) in [5.74, 6) is -0.229. The summed E-state index contributed by atoms with van der Waals surface area (Å²) in [7, 11) is 0. The molecule has 5 heteroatoms. The Hall–Kier alpha value is -0.800. The number of hydrogen-bond donors (Lipinski definition) is 1. The van der Waals surface area contributed by atoms with Crippen molar-refractivity contribution in [1.29, 1.82) is 0 Å². The third-order valence-electron chi connectivity index (χ3n) is 2.61. The summed E-state index contributed by atoms with van der Waals surface area (Å²) in [6.45, 7) is 1.22. The number of nitrogens with one attached hydrogen (secondary N) is 1. The summed E-state index contributed by atoms with van der Waals surface area (Å²) in [4.78, 5) is 0. The molecule has 2 aromatic rings. The van der Waals surface area contributed by atoms with Gasteiger partial charge in [0, 0.05) is 28.7 Å². The molecule has 0 fully saturated rings. The topological polar surface area (TPSA) is 12.0 Å². The molecular weight excluding hydrogens is 308 g/mol. The molecule has 2 rings (SSSR count). The molecule has 0 aliphatic carbocycles. The summed E-state index contributed by atoms with van der Waals surface area (Å²) in [6.07, 6.45) is 0. The molecule has 1 N–H and O–H groups in total. The van der Waals surface area contributed by atoms with Crippen LogP contribution in [0.4, 0.5) is 4.39 Å². The SMILES string of the molecule is Cl.Fc1ccc(CNCc2c(Cl)cccc2Cl)cc1. The van der Waals surface area contributed by atoms with Crippen LogP contribution in [0.5, 0.6) is 0 Å². The fourth-order valence-corrected chi connectivity index (χ4v) is 2.17. The van der Waals surface area contributed by atoms with Crippen LogP contribution in [0.15, 0.2) is 42.5 Å². The predicted octanol–water partition coefficient (Wildman–Crippen LogP) is 4.84. The quantitative estimate of drug-likeness (QED) is 0.849. The van der Waals surface area contributed by atoms with E-state index in [9.17, 15) is 4.39 Å². The molecular formula is C14H13Cl3FN. The van der Waals surface area contributed by atoms with Gasteiger partial charge < -0.3 is 5.32 Å². The zero-order valence-electron chi connectivity index (χ0n) is 10.00. The highest BCUT2D eigenvalue weighted by molar-refractivity contribution is 6.35. The molecule has 2 aromatic carbocycles. The standard InChI is InChI=1S/C14H12Cl2FN.ClH/c15-13-2-1-3-14(16)12(13)9-18-8-10-4-6-11(17)7-5-10;/h1-7,18H,8-9H2;1H. The van der Waals surface area contributed by atoms with Crippen LogP contribution in [0.25, 0.3) is 0 Å². The third-order valence-corrected chi connectivity index (χ3v) is 3.31. The summed E-state index contributed by atoms with van der Waals surface area (Å²) in [5, 5.41) is 4.52. The van der Waals surface area contributed by atoms with Gasteiger partial charge in [-0.2, -0.15) is 0 Å². The fourth-order valence-electron chi connectivity index (χ4n) is 1.64. The van der Waals surface area contributed by atoms with Crippen molar-refractivity contribution >= 4 is 35.6 Å². The Kier molecular flexibility index (Phi) is 6.59. The van der Waals surface area contributed by atoms with E-state index in [4.69, 9.17) is 23.2 Å². The van der Waals surface area contributed by atoms with Crippen LogP contribution in [0.1, 0.15) is 11.1 Å². The molecule has 1 nitrogen and oxygen atoms in total. The Morgan fingerprint density at radius 2 is 1.47 bits per heavy atom. The molecule has 0 saturated heterocycles. The molecule has 0 atom stereocenters. The average Bonchev–Trinajstić information content (AvgIpc) is 2.35.